The second-order valence-corrected chi connectivity index (χ2v) is 11.9. The number of unbranched alkanes of at least 4 members (excludes halogenated alkanes) is 3. The van der Waals surface area contributed by atoms with Crippen molar-refractivity contribution in [3.63, 3.8) is 0 Å². The molecule has 6 rings (SSSR count). The van der Waals surface area contributed by atoms with Crippen LogP contribution in [0, 0.1) is 0 Å². The molecular weight excluding hydrogens is 606 g/mol. The smallest absolute Gasteiger partial charge is 0.407 e. The van der Waals surface area contributed by atoms with Crippen molar-refractivity contribution in [2.75, 3.05) is 13.2 Å². The minimum absolute atomic E-state index is 0.00649. The average molecular weight is 646 g/mol. The zero-order chi connectivity index (χ0) is 33.3. The van der Waals surface area contributed by atoms with E-state index in [1.165, 1.54) is 0 Å². The Hall–Kier alpha value is -5.44. The summed E-state index contributed by atoms with van der Waals surface area (Å²) in [5.41, 5.74) is 6.57. The van der Waals surface area contributed by atoms with Gasteiger partial charge in [0.1, 0.15) is 24.8 Å². The quantitative estimate of drug-likeness (QED) is 0.0959. The number of aromatic nitrogens is 1. The number of rotatable bonds is 14. The molecule has 48 heavy (non-hydrogen) atoms. The highest BCUT2D eigenvalue weighted by Gasteiger charge is 2.30. The average Bonchev–Trinajstić information content (AvgIpc) is 3.67. The lowest BCUT2D eigenvalue weighted by atomic mass is 9.98. The van der Waals surface area contributed by atoms with E-state index in [0.29, 0.717) is 23.2 Å². The van der Waals surface area contributed by atoms with Gasteiger partial charge in [0.25, 0.3) is 0 Å². The van der Waals surface area contributed by atoms with Crippen LogP contribution in [0.25, 0.3) is 22.2 Å². The molecule has 0 bridgehead atoms. The molecule has 9 nitrogen and oxygen atoms in total. The molecule has 2 amide bonds. The summed E-state index contributed by atoms with van der Waals surface area (Å²) in [7, 11) is 0. The molecule has 0 saturated heterocycles. The predicted octanol–water partition coefficient (Wildman–Crippen LogP) is 7.33. The van der Waals surface area contributed by atoms with E-state index in [1.54, 1.807) is 18.2 Å². The standard InChI is InChI=1S/C39H39N3O6/c1-2-3-4-12-21-40-37(43)34(42-39(45)47-25-32-30-17-10-8-15-28(30)29-16-9-11-18-31(29)32)23-36-41-33-22-27(19-20-35(33)48-36)38(44)46-24-26-13-6-5-7-14-26/h5-11,13-20,22,32,34H,2-4,12,21,23-25H2,1H3,(H,40,43)(H,42,45)/t34-/m0/s1. The fourth-order valence-electron chi connectivity index (χ4n) is 6.05. The van der Waals surface area contributed by atoms with Crippen molar-refractivity contribution >= 4 is 29.1 Å². The number of ether oxygens (including phenoxy) is 2. The van der Waals surface area contributed by atoms with Gasteiger partial charge in [0.05, 0.1) is 12.0 Å². The number of fused-ring (bicyclic) bond motifs is 4. The van der Waals surface area contributed by atoms with Crippen LogP contribution in [0.15, 0.2) is 101 Å². The monoisotopic (exact) mass is 645 g/mol. The summed E-state index contributed by atoms with van der Waals surface area (Å²) < 4.78 is 17.1. The van der Waals surface area contributed by atoms with Crippen LogP contribution < -0.4 is 10.6 Å². The summed E-state index contributed by atoms with van der Waals surface area (Å²) in [6.45, 7) is 2.89. The van der Waals surface area contributed by atoms with E-state index in [9.17, 15) is 14.4 Å². The van der Waals surface area contributed by atoms with Crippen LogP contribution in [0.1, 0.15) is 71.5 Å². The van der Waals surface area contributed by atoms with Crippen LogP contribution in [-0.2, 0) is 27.3 Å². The molecule has 0 saturated carbocycles. The Bertz CT molecular complexity index is 1840. The minimum atomic E-state index is -0.991. The van der Waals surface area contributed by atoms with Crippen molar-refractivity contribution in [3.8, 4) is 11.1 Å². The fourth-order valence-corrected chi connectivity index (χ4v) is 6.05. The van der Waals surface area contributed by atoms with Crippen LogP contribution in [0.5, 0.6) is 0 Å². The van der Waals surface area contributed by atoms with E-state index in [4.69, 9.17) is 13.9 Å². The van der Waals surface area contributed by atoms with Gasteiger partial charge in [0, 0.05) is 12.5 Å². The van der Waals surface area contributed by atoms with E-state index in [0.717, 1.165) is 53.5 Å². The number of hydrogen-bond acceptors (Lipinski definition) is 7. The molecule has 1 heterocycles. The van der Waals surface area contributed by atoms with Crippen molar-refractivity contribution in [1.29, 1.82) is 0 Å². The maximum atomic E-state index is 13.3. The van der Waals surface area contributed by atoms with Gasteiger partial charge in [0.15, 0.2) is 11.5 Å². The molecule has 1 aliphatic rings. The lowest BCUT2D eigenvalue weighted by molar-refractivity contribution is -0.123. The van der Waals surface area contributed by atoms with E-state index >= 15 is 0 Å². The molecular formula is C39H39N3O6. The number of nitrogens with one attached hydrogen (secondary N) is 2. The second-order valence-electron chi connectivity index (χ2n) is 11.9. The highest BCUT2D eigenvalue weighted by Crippen LogP contribution is 2.44. The summed E-state index contributed by atoms with van der Waals surface area (Å²) in [6.07, 6.45) is 3.30. The number of amides is 2. The Labute approximate surface area is 279 Å². The molecule has 0 fully saturated rings. The molecule has 5 aromatic rings. The van der Waals surface area contributed by atoms with Crippen molar-refractivity contribution < 1.29 is 28.3 Å². The highest BCUT2D eigenvalue weighted by molar-refractivity contribution is 5.93. The van der Waals surface area contributed by atoms with Crippen molar-refractivity contribution in [2.24, 2.45) is 0 Å². The van der Waals surface area contributed by atoms with E-state index in [2.05, 4.69) is 46.8 Å². The first-order chi connectivity index (χ1) is 23.5. The van der Waals surface area contributed by atoms with E-state index < -0.39 is 18.1 Å². The van der Waals surface area contributed by atoms with Crippen molar-refractivity contribution in [1.82, 2.24) is 15.6 Å². The first kappa shape index (κ1) is 32.5. The highest BCUT2D eigenvalue weighted by atomic mass is 16.5. The maximum Gasteiger partial charge on any atom is 0.407 e. The number of esters is 1. The van der Waals surface area contributed by atoms with Crippen LogP contribution in [0.2, 0.25) is 0 Å². The number of oxazole rings is 1. The summed E-state index contributed by atoms with van der Waals surface area (Å²) in [4.78, 5) is 43.8. The Balaban J connectivity index is 1.12. The lowest BCUT2D eigenvalue weighted by Crippen LogP contribution is -2.48. The Morgan fingerprint density at radius 1 is 0.833 bits per heavy atom. The SMILES string of the molecule is CCCCCCNC(=O)[C@H](Cc1nc2cc(C(=O)OCc3ccccc3)ccc2o1)NC(=O)OCC1c2ccccc2-c2ccccc21. The molecule has 9 heteroatoms. The zero-order valence-corrected chi connectivity index (χ0v) is 26.9. The Morgan fingerprint density at radius 2 is 1.54 bits per heavy atom. The summed E-state index contributed by atoms with van der Waals surface area (Å²) in [5, 5.41) is 5.68. The lowest BCUT2D eigenvalue weighted by Gasteiger charge is -2.19. The first-order valence-electron chi connectivity index (χ1n) is 16.5. The van der Waals surface area contributed by atoms with Gasteiger partial charge in [-0.1, -0.05) is 105 Å². The molecule has 2 N–H and O–H groups in total. The Kier molecular flexibility index (Phi) is 10.4. The molecule has 0 radical (unpaired) electrons. The maximum absolute atomic E-state index is 13.3. The van der Waals surface area contributed by atoms with Crippen LogP contribution in [-0.4, -0.2) is 42.1 Å². The minimum Gasteiger partial charge on any atom is -0.457 e. The normalized spacial score (nSPS) is 12.6. The topological polar surface area (TPSA) is 120 Å². The first-order valence-corrected chi connectivity index (χ1v) is 16.5. The van der Waals surface area contributed by atoms with Gasteiger partial charge < -0.3 is 24.5 Å². The summed E-state index contributed by atoms with van der Waals surface area (Å²) >= 11 is 0. The number of benzene rings is 4. The van der Waals surface area contributed by atoms with Crippen molar-refractivity contribution in [3.05, 3.63) is 125 Å². The molecule has 0 unspecified atom stereocenters. The molecule has 246 valence electrons. The third kappa shape index (κ3) is 7.74. The van der Waals surface area contributed by atoms with Crippen molar-refractivity contribution in [2.45, 2.75) is 57.6 Å². The van der Waals surface area contributed by atoms with Gasteiger partial charge in [-0.3, -0.25) is 4.79 Å². The van der Waals surface area contributed by atoms with E-state index in [1.807, 2.05) is 54.6 Å². The fraction of sp³-hybridized carbons (Fsp3) is 0.282. The predicted molar refractivity (Wildman–Crippen MR) is 182 cm³/mol. The largest absolute Gasteiger partial charge is 0.457 e. The molecule has 0 aliphatic heterocycles. The number of carbonyl (C=O) groups is 3. The molecule has 1 aliphatic carbocycles. The van der Waals surface area contributed by atoms with Crippen LogP contribution in [0.4, 0.5) is 4.79 Å². The van der Waals surface area contributed by atoms with Crippen LogP contribution in [0.3, 0.4) is 0 Å². The Morgan fingerprint density at radius 3 is 2.27 bits per heavy atom. The molecule has 4 aromatic carbocycles. The van der Waals surface area contributed by atoms with E-state index in [-0.39, 0.29) is 37.4 Å². The second kappa shape index (κ2) is 15.4. The van der Waals surface area contributed by atoms with Gasteiger partial charge in [0.2, 0.25) is 5.91 Å². The molecule has 1 atom stereocenters. The summed E-state index contributed by atoms with van der Waals surface area (Å²) in [6, 6.07) is 29.5. The van der Waals surface area contributed by atoms with Gasteiger partial charge in [-0.15, -0.1) is 0 Å². The zero-order valence-electron chi connectivity index (χ0n) is 26.9. The number of carbonyl (C=O) groups excluding carboxylic acids is 3. The van der Waals surface area contributed by atoms with Gasteiger partial charge in [-0.05, 0) is 52.4 Å². The third-order valence-corrected chi connectivity index (χ3v) is 8.54. The number of hydrogen-bond donors (Lipinski definition) is 2. The van der Waals surface area contributed by atoms with Gasteiger partial charge >= 0.3 is 12.1 Å². The molecule has 1 aromatic heterocycles. The summed E-state index contributed by atoms with van der Waals surface area (Å²) in [5.74, 6) is -0.709. The molecule has 0 spiro atoms. The number of alkyl carbamates (subject to hydrolysis) is 1. The van der Waals surface area contributed by atoms with Gasteiger partial charge in [-0.2, -0.15) is 0 Å². The van der Waals surface area contributed by atoms with Gasteiger partial charge in [-0.25, -0.2) is 14.6 Å². The third-order valence-electron chi connectivity index (χ3n) is 8.54. The van der Waals surface area contributed by atoms with Crippen LogP contribution >= 0.6 is 0 Å². The number of nitrogens with zero attached hydrogens (tertiary/aromatic N) is 1.